The first-order valence-electron chi connectivity index (χ1n) is 17.6. The van der Waals surface area contributed by atoms with Gasteiger partial charge in [-0.05, 0) is 74.3 Å². The van der Waals surface area contributed by atoms with Crippen LogP contribution in [0.1, 0.15) is 112 Å². The van der Waals surface area contributed by atoms with E-state index in [1.807, 2.05) is 39.2 Å². The number of aryl methyl sites for hydroxylation is 1. The molecule has 0 aliphatic carbocycles. The summed E-state index contributed by atoms with van der Waals surface area (Å²) in [7, 11) is -4.63. The lowest BCUT2D eigenvalue weighted by molar-refractivity contribution is -0.152. The number of thiazole rings is 1. The number of aromatic nitrogens is 1. The fourth-order valence-corrected chi connectivity index (χ4v) is 8.53. The second-order valence-electron chi connectivity index (χ2n) is 17.0. The summed E-state index contributed by atoms with van der Waals surface area (Å²) < 4.78 is 20.0. The quantitative estimate of drug-likeness (QED) is 0.0495. The van der Waals surface area contributed by atoms with Crippen LogP contribution >= 0.6 is 11.3 Å². The Morgan fingerprint density at radius 2 is 1.52 bits per heavy atom. The van der Waals surface area contributed by atoms with Gasteiger partial charge in [-0.3, -0.25) is 9.59 Å². The molecule has 6 nitrogen and oxygen atoms in total. The van der Waals surface area contributed by atoms with Crippen LogP contribution in [0.3, 0.4) is 0 Å². The number of rotatable bonds is 18. The van der Waals surface area contributed by atoms with Gasteiger partial charge < -0.3 is 13.6 Å². The van der Waals surface area contributed by atoms with Gasteiger partial charge in [0.15, 0.2) is 22.7 Å². The zero-order valence-electron chi connectivity index (χ0n) is 33.0. The molecule has 9 heteroatoms. The summed E-state index contributed by atoms with van der Waals surface area (Å²) in [6, 6.07) is 0. The number of Topliss-reactive ketones (excluding diaryl/α,β-unsaturated/α-hetero) is 1. The van der Waals surface area contributed by atoms with Gasteiger partial charge >= 0.3 is 5.97 Å². The van der Waals surface area contributed by atoms with E-state index in [-0.39, 0.29) is 34.3 Å². The first-order valence-corrected chi connectivity index (χ1v) is 24.2. The molecule has 0 amide bonds. The van der Waals surface area contributed by atoms with Crippen molar-refractivity contribution in [3.8, 4) is 11.8 Å². The molecule has 0 unspecified atom stereocenters. The SMILES string of the molecule is C=CCCC[C@H](C)[C@H](O[Si](C)(C)C(C)(C)C)[C@@H](C)C(=O)C(C)(C)[C@H](CC(=O)O[C@H](C#Cc1csc(C)n1)CC=C)O[Si](C)(C)C(C)(C)C. The molecule has 272 valence electrons. The number of ether oxygens (including phenoxy) is 1. The number of ketones is 1. The molecule has 1 heterocycles. The lowest BCUT2D eigenvalue weighted by atomic mass is 9.73. The van der Waals surface area contributed by atoms with Gasteiger partial charge in [-0.15, -0.1) is 24.5 Å². The molecule has 0 spiro atoms. The van der Waals surface area contributed by atoms with Crippen LogP contribution in [-0.2, 0) is 23.2 Å². The van der Waals surface area contributed by atoms with Crippen LogP contribution < -0.4 is 0 Å². The van der Waals surface area contributed by atoms with Crippen molar-refractivity contribution >= 4 is 39.7 Å². The Morgan fingerprint density at radius 1 is 0.958 bits per heavy atom. The third kappa shape index (κ3) is 12.8. The zero-order valence-corrected chi connectivity index (χ0v) is 35.8. The molecular weight excluding hydrogens is 651 g/mol. The van der Waals surface area contributed by atoms with Crippen molar-refractivity contribution in [3.05, 3.63) is 41.4 Å². The van der Waals surface area contributed by atoms with Gasteiger partial charge in [0, 0.05) is 23.1 Å². The van der Waals surface area contributed by atoms with Gasteiger partial charge in [0.05, 0.1) is 23.6 Å². The van der Waals surface area contributed by atoms with Crippen molar-refractivity contribution < 1.29 is 23.2 Å². The highest BCUT2D eigenvalue weighted by atomic mass is 32.1. The van der Waals surface area contributed by atoms with E-state index in [1.54, 1.807) is 6.08 Å². The number of unbranched alkanes of at least 4 members (excludes halogenated alkanes) is 1. The minimum Gasteiger partial charge on any atom is -0.449 e. The zero-order chi connectivity index (χ0) is 37.3. The molecule has 1 aromatic rings. The molecule has 0 aromatic carbocycles. The maximum Gasteiger partial charge on any atom is 0.309 e. The molecule has 0 saturated carbocycles. The number of hydrogen-bond acceptors (Lipinski definition) is 7. The number of carbonyl (C=O) groups excluding carboxylic acids is 2. The summed E-state index contributed by atoms with van der Waals surface area (Å²) in [5.41, 5.74) is -0.350. The summed E-state index contributed by atoms with van der Waals surface area (Å²) >= 11 is 1.52. The van der Waals surface area contributed by atoms with E-state index in [0.29, 0.717) is 12.1 Å². The molecule has 0 aliphatic heterocycles. The maximum absolute atomic E-state index is 14.8. The van der Waals surface area contributed by atoms with Crippen molar-refractivity contribution in [2.45, 2.75) is 163 Å². The van der Waals surface area contributed by atoms with E-state index in [2.05, 4.69) is 105 Å². The van der Waals surface area contributed by atoms with Crippen LogP contribution in [0.2, 0.25) is 36.3 Å². The molecule has 0 N–H and O–H groups in total. The molecule has 0 bridgehead atoms. The Kier molecular flexibility index (Phi) is 16.5. The summed E-state index contributed by atoms with van der Waals surface area (Å²) in [4.78, 5) is 32.9. The molecule has 0 radical (unpaired) electrons. The molecule has 1 aromatic heterocycles. The van der Waals surface area contributed by atoms with Gasteiger partial charge in [0.1, 0.15) is 11.5 Å². The number of carbonyl (C=O) groups is 2. The van der Waals surface area contributed by atoms with Crippen LogP contribution in [-0.4, -0.2) is 51.7 Å². The first-order chi connectivity index (χ1) is 21.8. The van der Waals surface area contributed by atoms with E-state index >= 15 is 0 Å². The number of esters is 1. The summed E-state index contributed by atoms with van der Waals surface area (Å²) in [6.45, 7) is 39.7. The lowest BCUT2D eigenvalue weighted by Gasteiger charge is -2.46. The van der Waals surface area contributed by atoms with Gasteiger partial charge in [-0.2, -0.15) is 0 Å². The molecule has 0 fully saturated rings. The van der Waals surface area contributed by atoms with Gasteiger partial charge in [-0.25, -0.2) is 4.98 Å². The van der Waals surface area contributed by atoms with Gasteiger partial charge in [0.2, 0.25) is 0 Å². The lowest BCUT2D eigenvalue weighted by Crippen LogP contribution is -2.54. The summed E-state index contributed by atoms with van der Waals surface area (Å²) in [5, 5.41) is 2.67. The average molecular weight is 718 g/mol. The minimum atomic E-state index is -2.42. The molecule has 1 rings (SSSR count). The first kappa shape index (κ1) is 44.2. The monoisotopic (exact) mass is 717 g/mol. The second-order valence-corrected chi connectivity index (χ2v) is 27.6. The Bertz CT molecular complexity index is 1290. The normalized spacial score (nSPS) is 16.1. The topological polar surface area (TPSA) is 74.7 Å². The van der Waals surface area contributed by atoms with Crippen molar-refractivity contribution in [1.29, 1.82) is 0 Å². The molecule has 48 heavy (non-hydrogen) atoms. The van der Waals surface area contributed by atoms with Crippen LogP contribution in [0.15, 0.2) is 30.7 Å². The fraction of sp³-hybridized carbons (Fsp3) is 0.718. The molecular formula is C39H67NO5SSi2. The maximum atomic E-state index is 14.8. The fourth-order valence-electron chi connectivity index (χ4n) is 5.07. The number of hydrogen-bond donors (Lipinski definition) is 0. The highest BCUT2D eigenvalue weighted by Gasteiger charge is 2.50. The average Bonchev–Trinajstić information content (AvgIpc) is 3.37. The van der Waals surface area contributed by atoms with Crippen molar-refractivity contribution in [3.63, 3.8) is 0 Å². The second kappa shape index (κ2) is 17.9. The van der Waals surface area contributed by atoms with E-state index in [0.717, 1.165) is 24.3 Å². The van der Waals surface area contributed by atoms with E-state index in [1.165, 1.54) is 11.3 Å². The van der Waals surface area contributed by atoms with Crippen LogP contribution in [0, 0.1) is 36.0 Å². The Labute approximate surface area is 300 Å². The Morgan fingerprint density at radius 3 is 2.00 bits per heavy atom. The number of allylic oxidation sites excluding steroid dienone is 1. The molecule has 0 aliphatic rings. The summed E-state index contributed by atoms with van der Waals surface area (Å²) in [6.07, 6.45) is 5.18. The smallest absolute Gasteiger partial charge is 0.309 e. The predicted octanol–water partition coefficient (Wildman–Crippen LogP) is 10.7. The van der Waals surface area contributed by atoms with Crippen LogP contribution in [0.5, 0.6) is 0 Å². The Hall–Kier alpha value is -1.84. The molecule has 5 atom stereocenters. The predicted molar refractivity (Wildman–Crippen MR) is 208 cm³/mol. The Balaban J connectivity index is 3.51. The van der Waals surface area contributed by atoms with Crippen LogP contribution in [0.4, 0.5) is 0 Å². The highest BCUT2D eigenvalue weighted by Crippen LogP contribution is 2.44. The third-order valence-electron chi connectivity index (χ3n) is 10.4. The van der Waals surface area contributed by atoms with Crippen molar-refractivity contribution in [1.82, 2.24) is 4.98 Å². The van der Waals surface area contributed by atoms with E-state index < -0.39 is 46.1 Å². The van der Waals surface area contributed by atoms with Crippen molar-refractivity contribution in [2.24, 2.45) is 17.3 Å². The van der Waals surface area contributed by atoms with Gasteiger partial charge in [0.25, 0.3) is 0 Å². The molecule has 0 saturated heterocycles. The van der Waals surface area contributed by atoms with E-state index in [9.17, 15) is 9.59 Å². The van der Waals surface area contributed by atoms with Crippen LogP contribution in [0.25, 0.3) is 0 Å². The third-order valence-corrected chi connectivity index (χ3v) is 20.2. The highest BCUT2D eigenvalue weighted by molar-refractivity contribution is 7.09. The summed E-state index contributed by atoms with van der Waals surface area (Å²) in [5.74, 6) is 5.43. The van der Waals surface area contributed by atoms with Crippen molar-refractivity contribution in [2.75, 3.05) is 0 Å². The standard InChI is InChI=1S/C39H67NO5SSi2/c1-18-20-21-23-28(3)35(45-48(16,17)38(9,10)11)29(4)36(42)39(12,13)33(44-47(14,15)37(6,7)8)26-34(41)43-32(22-19-2)25-24-31-27-46-30(5)40-31/h18-19,27-29,32-33,35H,1-2,20-23,26H2,3-17H3/t28-,29+,32-,33-,35-/m0/s1. The number of nitrogens with zero attached hydrogens (tertiary/aromatic N) is 1. The van der Waals surface area contributed by atoms with Gasteiger partial charge in [-0.1, -0.05) is 87.3 Å². The van der Waals surface area contributed by atoms with E-state index in [4.69, 9.17) is 13.6 Å². The minimum absolute atomic E-state index is 0.00863. The largest absolute Gasteiger partial charge is 0.449 e.